The predicted molar refractivity (Wildman–Crippen MR) is 90.5 cm³/mol. The average molecular weight is 341 g/mol. The Balaban J connectivity index is 0.00000192. The number of halogens is 1. The Morgan fingerprint density at radius 1 is 1.26 bits per heavy atom. The molecule has 4 atom stereocenters. The molecule has 0 saturated carbocycles. The molecule has 2 aliphatic heterocycles. The first-order valence-electron chi connectivity index (χ1n) is 8.10. The third-order valence-corrected chi connectivity index (χ3v) is 4.46. The zero-order valence-corrected chi connectivity index (χ0v) is 14.0. The number of benzene rings is 1. The third kappa shape index (κ3) is 4.44. The molecule has 23 heavy (non-hydrogen) atoms. The van der Waals surface area contributed by atoms with Crippen molar-refractivity contribution in [2.45, 2.75) is 50.0 Å². The molecule has 0 radical (unpaired) electrons. The molecule has 0 spiro atoms. The molecule has 2 unspecified atom stereocenters. The van der Waals surface area contributed by atoms with Crippen LogP contribution in [0.1, 0.15) is 37.3 Å². The molecule has 1 aromatic carbocycles. The van der Waals surface area contributed by atoms with Gasteiger partial charge in [-0.15, -0.1) is 12.4 Å². The fraction of sp³-hybridized carbons (Fsp3) is 0.588. The summed E-state index contributed by atoms with van der Waals surface area (Å²) in [6.07, 6.45) is 3.26. The van der Waals surface area contributed by atoms with Crippen LogP contribution in [0.25, 0.3) is 0 Å². The molecule has 128 valence electrons. The number of hydrogen-bond donors (Lipinski definition) is 2. The van der Waals surface area contributed by atoms with Crippen LogP contribution in [0.4, 0.5) is 0 Å². The molecule has 2 saturated heterocycles. The van der Waals surface area contributed by atoms with Crippen molar-refractivity contribution in [1.29, 1.82) is 0 Å². The van der Waals surface area contributed by atoms with Crippen molar-refractivity contribution in [2.75, 3.05) is 13.2 Å². The number of amides is 1. The van der Waals surface area contributed by atoms with E-state index in [9.17, 15) is 4.79 Å². The largest absolute Gasteiger partial charge is 0.376 e. The first-order valence-corrected chi connectivity index (χ1v) is 8.10. The maximum absolute atomic E-state index is 12.5. The highest BCUT2D eigenvalue weighted by molar-refractivity contribution is 5.85. The second kappa shape index (κ2) is 8.64. The summed E-state index contributed by atoms with van der Waals surface area (Å²) in [6.45, 7) is 1.23. The predicted octanol–water partition coefficient (Wildman–Crippen LogP) is 1.95. The summed E-state index contributed by atoms with van der Waals surface area (Å²) in [5.74, 6) is -0.0553. The van der Waals surface area contributed by atoms with Gasteiger partial charge in [0, 0.05) is 13.2 Å². The topological polar surface area (TPSA) is 73.6 Å². The van der Waals surface area contributed by atoms with Crippen molar-refractivity contribution >= 4 is 18.3 Å². The maximum atomic E-state index is 12.5. The van der Waals surface area contributed by atoms with Gasteiger partial charge in [0.05, 0.1) is 18.2 Å². The van der Waals surface area contributed by atoms with Crippen molar-refractivity contribution in [1.82, 2.24) is 5.32 Å². The summed E-state index contributed by atoms with van der Waals surface area (Å²) in [5, 5.41) is 3.13. The number of rotatable bonds is 5. The van der Waals surface area contributed by atoms with Crippen LogP contribution in [0, 0.1) is 0 Å². The third-order valence-electron chi connectivity index (χ3n) is 4.46. The molecule has 0 bridgehead atoms. The molecule has 2 heterocycles. The highest BCUT2D eigenvalue weighted by Gasteiger charge is 2.34. The Morgan fingerprint density at radius 3 is 2.65 bits per heavy atom. The summed E-state index contributed by atoms with van der Waals surface area (Å²) < 4.78 is 11.5. The van der Waals surface area contributed by atoms with E-state index < -0.39 is 0 Å². The van der Waals surface area contributed by atoms with E-state index >= 15 is 0 Å². The lowest BCUT2D eigenvalue weighted by Gasteiger charge is -2.26. The summed E-state index contributed by atoms with van der Waals surface area (Å²) in [4.78, 5) is 12.5. The molecule has 5 nitrogen and oxygen atoms in total. The van der Waals surface area contributed by atoms with Crippen LogP contribution in [-0.4, -0.2) is 37.4 Å². The molecular weight excluding hydrogens is 316 g/mol. The van der Waals surface area contributed by atoms with Gasteiger partial charge in [-0.25, -0.2) is 0 Å². The lowest BCUT2D eigenvalue weighted by molar-refractivity contribution is -0.133. The maximum Gasteiger partial charge on any atom is 0.249 e. The lowest BCUT2D eigenvalue weighted by Crippen LogP contribution is -2.42. The van der Waals surface area contributed by atoms with Gasteiger partial charge in [0.1, 0.15) is 6.10 Å². The fourth-order valence-corrected chi connectivity index (χ4v) is 3.23. The first-order chi connectivity index (χ1) is 10.8. The molecule has 6 heteroatoms. The summed E-state index contributed by atoms with van der Waals surface area (Å²) in [6, 6.07) is 9.90. The number of hydrogen-bond acceptors (Lipinski definition) is 4. The van der Waals surface area contributed by atoms with Crippen molar-refractivity contribution in [3.8, 4) is 0 Å². The quantitative estimate of drug-likeness (QED) is 0.859. The van der Waals surface area contributed by atoms with Crippen LogP contribution in [-0.2, 0) is 14.3 Å². The molecular formula is C17H25ClN2O3. The number of nitrogens with one attached hydrogen (secondary N) is 1. The normalized spacial score (nSPS) is 28.1. The summed E-state index contributed by atoms with van der Waals surface area (Å²) >= 11 is 0. The van der Waals surface area contributed by atoms with Crippen LogP contribution in [0.5, 0.6) is 0 Å². The zero-order chi connectivity index (χ0) is 15.4. The second-order valence-corrected chi connectivity index (χ2v) is 6.01. The Hall–Kier alpha value is -1.14. The van der Waals surface area contributed by atoms with E-state index in [-0.39, 0.29) is 42.7 Å². The zero-order valence-electron chi connectivity index (χ0n) is 13.1. The number of carbonyl (C=O) groups excluding carboxylic acids is 1. The monoisotopic (exact) mass is 340 g/mol. The number of nitrogens with two attached hydrogens (primary N) is 1. The SMILES string of the molecule is Cl.NC[C@H]1CC[C@@H](C(=O)NC(c2ccccc2)C2CCCO2)O1. The van der Waals surface area contributed by atoms with Gasteiger partial charge in [-0.2, -0.15) is 0 Å². The molecule has 2 fully saturated rings. The molecule has 3 N–H and O–H groups in total. The van der Waals surface area contributed by atoms with Crippen LogP contribution < -0.4 is 11.1 Å². The fourth-order valence-electron chi connectivity index (χ4n) is 3.23. The highest BCUT2D eigenvalue weighted by Crippen LogP contribution is 2.28. The van der Waals surface area contributed by atoms with Crippen molar-refractivity contribution < 1.29 is 14.3 Å². The second-order valence-electron chi connectivity index (χ2n) is 6.01. The van der Waals surface area contributed by atoms with E-state index in [1.807, 2.05) is 30.3 Å². The van der Waals surface area contributed by atoms with Gasteiger partial charge in [0.25, 0.3) is 0 Å². The Kier molecular flexibility index (Phi) is 6.84. The van der Waals surface area contributed by atoms with Gasteiger partial charge in [-0.05, 0) is 31.2 Å². The van der Waals surface area contributed by atoms with Crippen LogP contribution in [0.3, 0.4) is 0 Å². The average Bonchev–Trinajstić information content (AvgIpc) is 3.24. The summed E-state index contributed by atoms with van der Waals surface area (Å²) in [7, 11) is 0. The lowest BCUT2D eigenvalue weighted by atomic mass is 9.99. The van der Waals surface area contributed by atoms with E-state index in [0.717, 1.165) is 37.9 Å². The van der Waals surface area contributed by atoms with E-state index in [0.29, 0.717) is 6.54 Å². The van der Waals surface area contributed by atoms with Gasteiger partial charge in [-0.3, -0.25) is 4.79 Å². The van der Waals surface area contributed by atoms with Crippen molar-refractivity contribution in [3.05, 3.63) is 35.9 Å². The number of carbonyl (C=O) groups is 1. The van der Waals surface area contributed by atoms with E-state index in [1.54, 1.807) is 0 Å². The minimum atomic E-state index is -0.388. The molecule has 1 amide bonds. The Labute approximate surface area is 143 Å². The van der Waals surface area contributed by atoms with Crippen LogP contribution in [0.2, 0.25) is 0 Å². The smallest absolute Gasteiger partial charge is 0.249 e. The molecule has 0 aromatic heterocycles. The van der Waals surface area contributed by atoms with E-state index in [2.05, 4.69) is 5.32 Å². The molecule has 1 aromatic rings. The van der Waals surface area contributed by atoms with E-state index in [1.165, 1.54) is 0 Å². The summed E-state index contributed by atoms with van der Waals surface area (Å²) in [5.41, 5.74) is 6.69. The minimum Gasteiger partial charge on any atom is -0.376 e. The molecule has 3 rings (SSSR count). The van der Waals surface area contributed by atoms with Crippen molar-refractivity contribution in [3.63, 3.8) is 0 Å². The highest BCUT2D eigenvalue weighted by atomic mass is 35.5. The standard InChI is InChI=1S/C17H24N2O3.ClH/c18-11-13-8-9-15(22-13)17(20)19-16(14-7-4-10-21-14)12-5-2-1-3-6-12;/h1-3,5-6,13-16H,4,7-11,18H2,(H,19,20);1H/t13-,14?,15+,16?;/m1./s1. The first kappa shape index (κ1) is 18.2. The van der Waals surface area contributed by atoms with Gasteiger partial charge >= 0.3 is 0 Å². The molecule has 0 aliphatic carbocycles. The van der Waals surface area contributed by atoms with Crippen LogP contribution >= 0.6 is 12.4 Å². The van der Waals surface area contributed by atoms with Gasteiger partial charge in [-0.1, -0.05) is 30.3 Å². The molecule has 2 aliphatic rings. The van der Waals surface area contributed by atoms with Gasteiger partial charge in [0.2, 0.25) is 5.91 Å². The Bertz CT molecular complexity index is 494. The van der Waals surface area contributed by atoms with Crippen LogP contribution in [0.15, 0.2) is 30.3 Å². The number of ether oxygens (including phenoxy) is 2. The van der Waals surface area contributed by atoms with Gasteiger partial charge < -0.3 is 20.5 Å². The van der Waals surface area contributed by atoms with Crippen molar-refractivity contribution in [2.24, 2.45) is 5.73 Å². The Morgan fingerprint density at radius 2 is 2.04 bits per heavy atom. The minimum absolute atomic E-state index is 0. The van der Waals surface area contributed by atoms with E-state index in [4.69, 9.17) is 15.2 Å². The van der Waals surface area contributed by atoms with Gasteiger partial charge in [0.15, 0.2) is 0 Å².